The molecule has 26 heavy (non-hydrogen) atoms. The number of imide groups is 1. The minimum absolute atomic E-state index is 0.278. The van der Waals surface area contributed by atoms with Crippen LogP contribution in [0.15, 0.2) is 42.5 Å². The number of ether oxygens (including phenoxy) is 1. The van der Waals surface area contributed by atoms with Gasteiger partial charge in [-0.1, -0.05) is 31.0 Å². The van der Waals surface area contributed by atoms with E-state index < -0.39 is 0 Å². The molecule has 0 radical (unpaired) electrons. The first-order valence-corrected chi connectivity index (χ1v) is 9.39. The lowest BCUT2D eigenvalue weighted by Crippen LogP contribution is -2.20. The highest BCUT2D eigenvalue weighted by Crippen LogP contribution is 2.44. The van der Waals surface area contributed by atoms with E-state index in [4.69, 9.17) is 4.74 Å². The molecule has 2 unspecified atom stereocenters. The molecule has 1 aliphatic carbocycles. The van der Waals surface area contributed by atoms with Crippen LogP contribution < -0.4 is 10.1 Å². The van der Waals surface area contributed by atoms with Gasteiger partial charge >= 0.3 is 0 Å². The van der Waals surface area contributed by atoms with Crippen molar-refractivity contribution in [2.45, 2.75) is 44.4 Å². The first kappa shape index (κ1) is 16.8. The van der Waals surface area contributed by atoms with E-state index in [-0.39, 0.29) is 11.8 Å². The molecule has 1 fully saturated rings. The Morgan fingerprint density at radius 3 is 2.19 bits per heavy atom. The molecule has 4 nitrogen and oxygen atoms in total. The van der Waals surface area contributed by atoms with Crippen LogP contribution in [0.1, 0.15) is 76.3 Å². The number of hydrogen-bond donors (Lipinski definition) is 1. The lowest BCUT2D eigenvalue weighted by Gasteiger charge is -2.32. The van der Waals surface area contributed by atoms with Crippen molar-refractivity contribution in [1.82, 2.24) is 5.32 Å². The zero-order chi connectivity index (χ0) is 18.1. The van der Waals surface area contributed by atoms with Gasteiger partial charge in [0.1, 0.15) is 5.75 Å². The van der Waals surface area contributed by atoms with Gasteiger partial charge in [-0.2, -0.15) is 0 Å². The van der Waals surface area contributed by atoms with Crippen LogP contribution in [-0.4, -0.2) is 18.4 Å². The smallest absolute Gasteiger partial charge is 0.258 e. The second-order valence-corrected chi connectivity index (χ2v) is 7.09. The molecule has 134 valence electrons. The molecule has 4 rings (SSSR count). The Balaban J connectivity index is 1.65. The second-order valence-electron chi connectivity index (χ2n) is 7.09. The van der Waals surface area contributed by atoms with Gasteiger partial charge in [-0.05, 0) is 67.0 Å². The maximum Gasteiger partial charge on any atom is 0.258 e. The quantitative estimate of drug-likeness (QED) is 0.832. The molecule has 2 aromatic rings. The predicted octanol–water partition coefficient (Wildman–Crippen LogP) is 4.41. The van der Waals surface area contributed by atoms with E-state index in [0.717, 1.165) is 24.2 Å². The summed E-state index contributed by atoms with van der Waals surface area (Å²) in [6.07, 6.45) is 4.66. The third-order valence-electron chi connectivity index (χ3n) is 5.57. The van der Waals surface area contributed by atoms with Crippen molar-refractivity contribution >= 4 is 11.8 Å². The molecular weight excluding hydrogens is 326 g/mol. The highest BCUT2D eigenvalue weighted by atomic mass is 16.5. The maximum absolute atomic E-state index is 12.0. The molecule has 0 bridgehead atoms. The van der Waals surface area contributed by atoms with Gasteiger partial charge in [-0.25, -0.2) is 0 Å². The Bertz CT molecular complexity index is 841. The van der Waals surface area contributed by atoms with Crippen molar-refractivity contribution in [3.63, 3.8) is 0 Å². The molecule has 2 aromatic carbocycles. The van der Waals surface area contributed by atoms with Crippen LogP contribution >= 0.6 is 0 Å². The summed E-state index contributed by atoms with van der Waals surface area (Å²) in [5, 5.41) is 2.38. The second kappa shape index (κ2) is 6.94. The largest absolute Gasteiger partial charge is 0.494 e. The molecule has 1 saturated carbocycles. The van der Waals surface area contributed by atoms with Crippen LogP contribution in [0, 0.1) is 0 Å². The third-order valence-corrected chi connectivity index (χ3v) is 5.57. The third kappa shape index (κ3) is 3.00. The summed E-state index contributed by atoms with van der Waals surface area (Å²) in [7, 11) is 0. The zero-order valence-electron chi connectivity index (χ0n) is 15.0. The van der Waals surface area contributed by atoms with E-state index >= 15 is 0 Å². The van der Waals surface area contributed by atoms with E-state index in [1.807, 2.05) is 31.2 Å². The van der Waals surface area contributed by atoms with Gasteiger partial charge in [0.25, 0.3) is 11.8 Å². The van der Waals surface area contributed by atoms with Gasteiger partial charge < -0.3 is 4.74 Å². The zero-order valence-corrected chi connectivity index (χ0v) is 15.0. The van der Waals surface area contributed by atoms with Crippen LogP contribution in [0.4, 0.5) is 0 Å². The summed E-state index contributed by atoms with van der Waals surface area (Å²) in [6.45, 7) is 2.65. The highest BCUT2D eigenvalue weighted by molar-refractivity contribution is 6.21. The Kier molecular flexibility index (Phi) is 4.49. The summed E-state index contributed by atoms with van der Waals surface area (Å²) in [5.74, 6) is 1.13. The first-order chi connectivity index (χ1) is 12.7. The summed E-state index contributed by atoms with van der Waals surface area (Å²) in [5.41, 5.74) is 3.49. The van der Waals surface area contributed by atoms with Crippen molar-refractivity contribution in [2.75, 3.05) is 6.61 Å². The van der Waals surface area contributed by atoms with E-state index in [1.54, 1.807) is 6.07 Å². The molecule has 2 atom stereocenters. The highest BCUT2D eigenvalue weighted by Gasteiger charge is 2.31. The van der Waals surface area contributed by atoms with E-state index in [1.165, 1.54) is 18.4 Å². The normalized spacial score (nSPS) is 22.0. The molecule has 0 aromatic heterocycles. The number of carbonyl (C=O) groups is 2. The van der Waals surface area contributed by atoms with Crippen LogP contribution in [-0.2, 0) is 0 Å². The molecule has 0 saturated heterocycles. The molecule has 1 N–H and O–H groups in total. The van der Waals surface area contributed by atoms with E-state index in [0.29, 0.717) is 29.6 Å². The molecule has 0 spiro atoms. The Hall–Kier alpha value is -2.62. The monoisotopic (exact) mass is 349 g/mol. The lowest BCUT2D eigenvalue weighted by molar-refractivity contribution is 0.0879. The number of nitrogens with one attached hydrogen (secondary N) is 1. The Morgan fingerprint density at radius 2 is 1.50 bits per heavy atom. The minimum atomic E-state index is -0.289. The summed E-state index contributed by atoms with van der Waals surface area (Å²) in [4.78, 5) is 23.8. The summed E-state index contributed by atoms with van der Waals surface area (Å²) >= 11 is 0. The SMILES string of the molecule is CCOc1ccc(C2CCCCC2c2ccc3c(c2)C(=O)NC3=O)cc1. The van der Waals surface area contributed by atoms with Crippen molar-refractivity contribution in [2.24, 2.45) is 0 Å². The number of rotatable bonds is 4. The van der Waals surface area contributed by atoms with Gasteiger partial charge in [-0.15, -0.1) is 0 Å². The van der Waals surface area contributed by atoms with Gasteiger partial charge in [0, 0.05) is 0 Å². The molecule has 4 heteroatoms. The van der Waals surface area contributed by atoms with Crippen molar-refractivity contribution in [3.05, 3.63) is 64.7 Å². The van der Waals surface area contributed by atoms with Crippen LogP contribution in [0.3, 0.4) is 0 Å². The fraction of sp³-hybridized carbons (Fsp3) is 0.364. The average Bonchev–Trinajstić information content (AvgIpc) is 2.96. The Labute approximate surface area is 153 Å². The van der Waals surface area contributed by atoms with Gasteiger partial charge in [-0.3, -0.25) is 14.9 Å². The topological polar surface area (TPSA) is 55.4 Å². The van der Waals surface area contributed by atoms with Crippen LogP contribution in [0.5, 0.6) is 5.75 Å². The lowest BCUT2D eigenvalue weighted by atomic mass is 9.72. The number of fused-ring (bicyclic) bond motifs is 1. The predicted molar refractivity (Wildman–Crippen MR) is 99.8 cm³/mol. The number of hydrogen-bond acceptors (Lipinski definition) is 3. The number of amides is 2. The van der Waals surface area contributed by atoms with E-state index in [9.17, 15) is 9.59 Å². The maximum atomic E-state index is 12.0. The fourth-order valence-corrected chi connectivity index (χ4v) is 4.32. The van der Waals surface area contributed by atoms with Crippen LogP contribution in [0.2, 0.25) is 0 Å². The van der Waals surface area contributed by atoms with E-state index in [2.05, 4.69) is 17.4 Å². The number of benzene rings is 2. The van der Waals surface area contributed by atoms with Crippen LogP contribution in [0.25, 0.3) is 0 Å². The Morgan fingerprint density at radius 1 is 0.885 bits per heavy atom. The molecule has 2 amide bonds. The molecule has 1 aliphatic heterocycles. The molecular formula is C22H23NO3. The standard InChI is InChI=1S/C22H23NO3/c1-2-26-16-10-7-14(8-11-16)17-5-3-4-6-18(17)15-9-12-19-20(13-15)22(25)23-21(19)24/h7-13,17-18H,2-6H2,1H3,(H,23,24,25). The van der Waals surface area contributed by atoms with Crippen molar-refractivity contribution in [1.29, 1.82) is 0 Å². The summed E-state index contributed by atoms with van der Waals surface area (Å²) in [6, 6.07) is 14.2. The van der Waals surface area contributed by atoms with Gasteiger partial charge in [0.05, 0.1) is 17.7 Å². The van der Waals surface area contributed by atoms with Crippen molar-refractivity contribution in [3.8, 4) is 5.75 Å². The average molecular weight is 349 g/mol. The fourth-order valence-electron chi connectivity index (χ4n) is 4.32. The van der Waals surface area contributed by atoms with Crippen molar-refractivity contribution < 1.29 is 14.3 Å². The van der Waals surface area contributed by atoms with Gasteiger partial charge in [0.2, 0.25) is 0 Å². The number of carbonyl (C=O) groups excluding carboxylic acids is 2. The molecule has 1 heterocycles. The first-order valence-electron chi connectivity index (χ1n) is 9.39. The summed E-state index contributed by atoms with van der Waals surface area (Å²) < 4.78 is 5.56. The minimum Gasteiger partial charge on any atom is -0.494 e. The molecule has 2 aliphatic rings. The van der Waals surface area contributed by atoms with Gasteiger partial charge in [0.15, 0.2) is 0 Å².